The molecule has 0 spiro atoms. The molecule has 1 rings (SSSR count). The van der Waals surface area contributed by atoms with E-state index < -0.39 is 5.92 Å². The summed E-state index contributed by atoms with van der Waals surface area (Å²) in [4.78, 5) is 0. The normalized spacial score (nSPS) is 21.5. The Morgan fingerprint density at radius 2 is 1.74 bits per heavy atom. The molecule has 1 N–H and O–H groups in total. The second-order valence-electron chi connectivity index (χ2n) is 6.10. The minimum Gasteiger partial charge on any atom is -0.314 e. The van der Waals surface area contributed by atoms with Crippen LogP contribution in [-0.4, -0.2) is 18.5 Å². The Morgan fingerprint density at radius 1 is 1.05 bits per heavy atom. The monoisotopic (exact) mass is 275 g/mol. The van der Waals surface area contributed by atoms with Crippen LogP contribution in [0.25, 0.3) is 0 Å². The van der Waals surface area contributed by atoms with Gasteiger partial charge in [-0.2, -0.15) is 0 Å². The molecule has 0 radical (unpaired) electrons. The molecule has 0 amide bonds. The SMILES string of the molecule is CCCCCCC(NCCC)C1CCC(F)(F)CC1. The quantitative estimate of drug-likeness (QED) is 0.574. The summed E-state index contributed by atoms with van der Waals surface area (Å²) in [5.41, 5.74) is 0. The first-order valence-electron chi connectivity index (χ1n) is 8.20. The Labute approximate surface area is 117 Å². The molecule has 0 aromatic carbocycles. The number of hydrogen-bond acceptors (Lipinski definition) is 1. The molecule has 19 heavy (non-hydrogen) atoms. The fraction of sp³-hybridized carbons (Fsp3) is 1.00. The third-order valence-corrected chi connectivity index (χ3v) is 4.36. The molecule has 1 saturated carbocycles. The van der Waals surface area contributed by atoms with Gasteiger partial charge >= 0.3 is 0 Å². The summed E-state index contributed by atoms with van der Waals surface area (Å²) < 4.78 is 26.5. The maximum absolute atomic E-state index is 13.2. The van der Waals surface area contributed by atoms with Crippen molar-refractivity contribution in [3.8, 4) is 0 Å². The van der Waals surface area contributed by atoms with Crippen molar-refractivity contribution < 1.29 is 8.78 Å². The second kappa shape index (κ2) is 8.89. The summed E-state index contributed by atoms with van der Waals surface area (Å²) in [6, 6.07) is 0.466. The van der Waals surface area contributed by atoms with Gasteiger partial charge in [0.25, 0.3) is 0 Å². The van der Waals surface area contributed by atoms with Crippen LogP contribution in [0.5, 0.6) is 0 Å². The molecule has 1 nitrogen and oxygen atoms in total. The van der Waals surface area contributed by atoms with Crippen LogP contribution in [0, 0.1) is 5.92 Å². The molecule has 114 valence electrons. The van der Waals surface area contributed by atoms with Crippen molar-refractivity contribution in [3.05, 3.63) is 0 Å². The second-order valence-corrected chi connectivity index (χ2v) is 6.10. The minimum absolute atomic E-state index is 0.0942. The van der Waals surface area contributed by atoms with Gasteiger partial charge in [-0.15, -0.1) is 0 Å². The van der Waals surface area contributed by atoms with Crippen molar-refractivity contribution in [2.24, 2.45) is 5.92 Å². The van der Waals surface area contributed by atoms with E-state index in [0.717, 1.165) is 19.4 Å². The van der Waals surface area contributed by atoms with Gasteiger partial charge in [-0.1, -0.05) is 39.5 Å². The Kier molecular flexibility index (Phi) is 7.89. The topological polar surface area (TPSA) is 12.0 Å². The van der Waals surface area contributed by atoms with Crippen molar-refractivity contribution in [3.63, 3.8) is 0 Å². The molecule has 0 aliphatic heterocycles. The molecule has 1 unspecified atom stereocenters. The summed E-state index contributed by atoms with van der Waals surface area (Å²) in [5, 5.41) is 3.60. The Bertz CT molecular complexity index is 221. The molecule has 1 fully saturated rings. The van der Waals surface area contributed by atoms with Gasteiger partial charge in [-0.05, 0) is 38.1 Å². The highest BCUT2D eigenvalue weighted by Gasteiger charge is 2.37. The highest BCUT2D eigenvalue weighted by molar-refractivity contribution is 4.84. The van der Waals surface area contributed by atoms with E-state index in [1.807, 2.05) is 0 Å². The van der Waals surface area contributed by atoms with Crippen LogP contribution in [0.3, 0.4) is 0 Å². The minimum atomic E-state index is -2.39. The zero-order chi connectivity index (χ0) is 14.1. The maximum Gasteiger partial charge on any atom is 0.248 e. The third kappa shape index (κ3) is 6.69. The van der Waals surface area contributed by atoms with Gasteiger partial charge in [0.1, 0.15) is 0 Å². The summed E-state index contributed by atoms with van der Waals surface area (Å²) in [5.74, 6) is -1.93. The molecule has 0 aromatic rings. The zero-order valence-corrected chi connectivity index (χ0v) is 12.7. The first-order valence-corrected chi connectivity index (χ1v) is 8.20. The van der Waals surface area contributed by atoms with Crippen LogP contribution >= 0.6 is 0 Å². The molecular weight excluding hydrogens is 244 g/mol. The first kappa shape index (κ1) is 16.9. The Balaban J connectivity index is 2.35. The lowest BCUT2D eigenvalue weighted by molar-refractivity contribution is -0.0499. The Hall–Kier alpha value is -0.180. The van der Waals surface area contributed by atoms with E-state index in [9.17, 15) is 8.78 Å². The highest BCUT2D eigenvalue weighted by Crippen LogP contribution is 2.38. The molecule has 0 aromatic heterocycles. The highest BCUT2D eigenvalue weighted by atomic mass is 19.3. The number of rotatable bonds is 9. The maximum atomic E-state index is 13.2. The lowest BCUT2D eigenvalue weighted by Gasteiger charge is -2.34. The van der Waals surface area contributed by atoms with Gasteiger partial charge in [0.05, 0.1) is 0 Å². The van der Waals surface area contributed by atoms with Crippen molar-refractivity contribution in [2.45, 2.75) is 90.0 Å². The number of unbranched alkanes of at least 4 members (excludes halogenated alkanes) is 3. The van der Waals surface area contributed by atoms with Gasteiger partial charge in [0, 0.05) is 18.9 Å². The molecule has 3 heteroatoms. The number of halogens is 2. The van der Waals surface area contributed by atoms with Crippen molar-refractivity contribution >= 4 is 0 Å². The van der Waals surface area contributed by atoms with Crippen LogP contribution in [0.1, 0.15) is 78.1 Å². The summed E-state index contributed by atoms with van der Waals surface area (Å²) in [6.07, 6.45) is 8.93. The lowest BCUT2D eigenvalue weighted by atomic mass is 9.80. The van der Waals surface area contributed by atoms with Crippen molar-refractivity contribution in [2.75, 3.05) is 6.54 Å². The van der Waals surface area contributed by atoms with Gasteiger partial charge in [0.15, 0.2) is 0 Å². The Morgan fingerprint density at radius 3 is 2.32 bits per heavy atom. The van der Waals surface area contributed by atoms with Crippen LogP contribution in [0.2, 0.25) is 0 Å². The molecule has 1 aliphatic rings. The van der Waals surface area contributed by atoms with E-state index >= 15 is 0 Å². The van der Waals surface area contributed by atoms with E-state index in [-0.39, 0.29) is 12.8 Å². The largest absolute Gasteiger partial charge is 0.314 e. The lowest BCUT2D eigenvalue weighted by Crippen LogP contribution is -2.40. The van der Waals surface area contributed by atoms with Crippen LogP contribution in [0.15, 0.2) is 0 Å². The summed E-state index contributed by atoms with van der Waals surface area (Å²) in [7, 11) is 0. The molecule has 0 bridgehead atoms. The average molecular weight is 275 g/mol. The predicted molar refractivity (Wildman–Crippen MR) is 77.7 cm³/mol. The molecular formula is C16H31F2N. The van der Waals surface area contributed by atoms with E-state index in [0.29, 0.717) is 24.8 Å². The molecule has 1 atom stereocenters. The number of alkyl halides is 2. The molecule has 0 heterocycles. The van der Waals surface area contributed by atoms with Crippen molar-refractivity contribution in [1.29, 1.82) is 0 Å². The van der Waals surface area contributed by atoms with E-state index in [2.05, 4.69) is 19.2 Å². The fourth-order valence-corrected chi connectivity index (χ4v) is 3.09. The van der Waals surface area contributed by atoms with Gasteiger partial charge in [0.2, 0.25) is 5.92 Å². The standard InChI is InChI=1S/C16H31F2N/c1-3-5-6-7-8-15(19-13-4-2)14-9-11-16(17,18)12-10-14/h14-15,19H,3-13H2,1-2H3. The van der Waals surface area contributed by atoms with Crippen LogP contribution in [0.4, 0.5) is 8.78 Å². The number of hydrogen-bond donors (Lipinski definition) is 1. The average Bonchev–Trinajstić information content (AvgIpc) is 2.39. The smallest absolute Gasteiger partial charge is 0.248 e. The van der Waals surface area contributed by atoms with E-state index in [1.165, 1.54) is 25.7 Å². The predicted octanol–water partition coefficient (Wildman–Crippen LogP) is 5.15. The van der Waals surface area contributed by atoms with Gasteiger partial charge in [-0.3, -0.25) is 0 Å². The zero-order valence-electron chi connectivity index (χ0n) is 12.7. The molecule has 1 aliphatic carbocycles. The fourth-order valence-electron chi connectivity index (χ4n) is 3.09. The van der Waals surface area contributed by atoms with Crippen LogP contribution < -0.4 is 5.32 Å². The van der Waals surface area contributed by atoms with E-state index in [1.54, 1.807) is 0 Å². The first-order chi connectivity index (χ1) is 9.09. The summed E-state index contributed by atoms with van der Waals surface area (Å²) in [6.45, 7) is 5.40. The number of nitrogens with one attached hydrogen (secondary N) is 1. The van der Waals surface area contributed by atoms with Gasteiger partial charge < -0.3 is 5.32 Å². The van der Waals surface area contributed by atoms with Crippen LogP contribution in [-0.2, 0) is 0 Å². The van der Waals surface area contributed by atoms with E-state index in [4.69, 9.17) is 0 Å². The third-order valence-electron chi connectivity index (χ3n) is 4.36. The van der Waals surface area contributed by atoms with Crippen molar-refractivity contribution in [1.82, 2.24) is 5.32 Å². The van der Waals surface area contributed by atoms with Gasteiger partial charge in [-0.25, -0.2) is 8.78 Å². The molecule has 0 saturated heterocycles. The summed E-state index contributed by atoms with van der Waals surface area (Å²) >= 11 is 0.